The second-order valence-electron chi connectivity index (χ2n) is 4.20. The second kappa shape index (κ2) is 5.45. The summed E-state index contributed by atoms with van der Waals surface area (Å²) >= 11 is 0. The van der Waals surface area contributed by atoms with Gasteiger partial charge in [-0.1, -0.05) is 0 Å². The number of anilines is 2. The van der Waals surface area contributed by atoms with Gasteiger partial charge < -0.3 is 15.6 Å². The van der Waals surface area contributed by atoms with Gasteiger partial charge in [0.1, 0.15) is 17.6 Å². The molecule has 0 bridgehead atoms. The molecular weight excluding hydrogens is 259 g/mol. The van der Waals surface area contributed by atoms with Gasteiger partial charge >= 0.3 is 0 Å². The number of hydrogen-bond donors (Lipinski definition) is 2. The van der Waals surface area contributed by atoms with E-state index >= 15 is 0 Å². The van der Waals surface area contributed by atoms with Gasteiger partial charge in [0.25, 0.3) is 5.91 Å². The third-order valence-electron chi connectivity index (χ3n) is 2.84. The number of nitrogens with two attached hydrogens (primary N) is 1. The smallest absolute Gasteiger partial charge is 0.272 e. The maximum Gasteiger partial charge on any atom is 0.272 e. The molecule has 2 aromatic rings. The van der Waals surface area contributed by atoms with Crippen LogP contribution >= 0.6 is 0 Å². The maximum atomic E-state index is 13.0. The number of benzene rings is 1. The molecule has 0 aliphatic carbocycles. The van der Waals surface area contributed by atoms with Crippen molar-refractivity contribution in [2.45, 2.75) is 13.5 Å². The van der Waals surface area contributed by atoms with Gasteiger partial charge in [-0.05, 0) is 31.2 Å². The van der Waals surface area contributed by atoms with Crippen LogP contribution in [0.15, 0.2) is 30.5 Å². The Bertz CT molecular complexity index is 700. The zero-order chi connectivity index (χ0) is 14.7. The molecule has 0 aliphatic rings. The summed E-state index contributed by atoms with van der Waals surface area (Å²) in [7, 11) is 0. The summed E-state index contributed by atoms with van der Waals surface area (Å²) in [6.07, 6.45) is 1.66. The van der Waals surface area contributed by atoms with E-state index in [0.717, 1.165) is 6.07 Å². The molecule has 0 radical (unpaired) electrons. The van der Waals surface area contributed by atoms with Crippen LogP contribution in [0.1, 0.15) is 23.0 Å². The average Bonchev–Trinajstić information content (AvgIpc) is 2.82. The molecule has 0 atom stereocenters. The fourth-order valence-corrected chi connectivity index (χ4v) is 1.89. The zero-order valence-electron chi connectivity index (χ0n) is 10.9. The molecule has 3 N–H and O–H groups in total. The Morgan fingerprint density at radius 3 is 2.90 bits per heavy atom. The molecule has 1 aromatic carbocycles. The second-order valence-corrected chi connectivity index (χ2v) is 4.20. The van der Waals surface area contributed by atoms with Gasteiger partial charge in [-0.15, -0.1) is 0 Å². The van der Waals surface area contributed by atoms with Crippen LogP contribution in [0.2, 0.25) is 0 Å². The van der Waals surface area contributed by atoms with E-state index in [1.807, 2.05) is 13.0 Å². The van der Waals surface area contributed by atoms with Crippen molar-refractivity contribution >= 4 is 17.3 Å². The van der Waals surface area contributed by atoms with Crippen LogP contribution in [-0.2, 0) is 6.54 Å². The van der Waals surface area contributed by atoms with E-state index in [9.17, 15) is 9.18 Å². The minimum absolute atomic E-state index is 0.0703. The molecule has 20 heavy (non-hydrogen) atoms. The first kappa shape index (κ1) is 13.6. The Morgan fingerprint density at radius 1 is 1.50 bits per heavy atom. The highest BCUT2D eigenvalue weighted by atomic mass is 19.1. The van der Waals surface area contributed by atoms with Crippen LogP contribution in [0.25, 0.3) is 0 Å². The number of aromatic nitrogens is 1. The fraction of sp³-hybridized carbons (Fsp3) is 0.143. The molecule has 1 heterocycles. The Hall–Kier alpha value is -2.81. The van der Waals surface area contributed by atoms with Crippen molar-refractivity contribution in [2.75, 3.05) is 11.1 Å². The molecule has 1 aromatic heterocycles. The lowest BCUT2D eigenvalue weighted by molar-refractivity contribution is 0.101. The molecule has 0 saturated heterocycles. The van der Waals surface area contributed by atoms with Crippen molar-refractivity contribution in [1.29, 1.82) is 5.26 Å². The molecule has 5 nitrogen and oxygen atoms in total. The number of rotatable bonds is 3. The van der Waals surface area contributed by atoms with Gasteiger partial charge in [0.05, 0.1) is 16.9 Å². The van der Waals surface area contributed by atoms with Gasteiger partial charge in [0, 0.05) is 12.7 Å². The van der Waals surface area contributed by atoms with E-state index in [0.29, 0.717) is 17.9 Å². The first-order chi connectivity index (χ1) is 9.55. The third kappa shape index (κ3) is 2.62. The van der Waals surface area contributed by atoms with Gasteiger partial charge in [-0.25, -0.2) is 4.39 Å². The molecule has 1 amide bonds. The molecule has 102 valence electrons. The number of aryl methyl sites for hydroxylation is 1. The molecular formula is C14H13FN4O. The van der Waals surface area contributed by atoms with Gasteiger partial charge in [0.2, 0.25) is 0 Å². The van der Waals surface area contributed by atoms with Crippen LogP contribution < -0.4 is 11.1 Å². The summed E-state index contributed by atoms with van der Waals surface area (Å²) in [5, 5.41) is 11.5. The quantitative estimate of drug-likeness (QED) is 0.899. The molecule has 0 fully saturated rings. The molecule has 2 rings (SSSR count). The Morgan fingerprint density at radius 2 is 2.25 bits per heavy atom. The van der Waals surface area contributed by atoms with Crippen molar-refractivity contribution < 1.29 is 9.18 Å². The normalized spacial score (nSPS) is 10.1. The minimum Gasteiger partial charge on any atom is -0.397 e. The van der Waals surface area contributed by atoms with Crippen molar-refractivity contribution in [1.82, 2.24) is 4.57 Å². The number of nitrogens with zero attached hydrogens (tertiary/aromatic N) is 2. The van der Waals surface area contributed by atoms with E-state index in [-0.39, 0.29) is 11.3 Å². The van der Waals surface area contributed by atoms with E-state index in [4.69, 9.17) is 11.0 Å². The number of amides is 1. The standard InChI is InChI=1S/C14H13FN4O/c1-2-19-8-11(17)6-13(19)14(20)18-12-4-3-10(15)5-9(12)7-16/h3-6,8H,2,17H2,1H3,(H,18,20). The number of carbonyl (C=O) groups is 1. The number of nitrogen functional groups attached to an aromatic ring is 1. The van der Waals surface area contributed by atoms with Gasteiger partial charge in [-0.3, -0.25) is 4.79 Å². The van der Waals surface area contributed by atoms with E-state index < -0.39 is 11.7 Å². The summed E-state index contributed by atoms with van der Waals surface area (Å²) in [4.78, 5) is 12.2. The Labute approximate surface area is 115 Å². The summed E-state index contributed by atoms with van der Waals surface area (Å²) in [6, 6.07) is 7.00. The van der Waals surface area contributed by atoms with Crippen molar-refractivity contribution in [3.63, 3.8) is 0 Å². The number of nitrogens with one attached hydrogen (secondary N) is 1. The molecule has 0 spiro atoms. The molecule has 6 heteroatoms. The Kier molecular flexibility index (Phi) is 3.71. The largest absolute Gasteiger partial charge is 0.397 e. The fourth-order valence-electron chi connectivity index (χ4n) is 1.89. The maximum absolute atomic E-state index is 13.0. The van der Waals surface area contributed by atoms with Crippen LogP contribution in [0.5, 0.6) is 0 Å². The third-order valence-corrected chi connectivity index (χ3v) is 2.84. The minimum atomic E-state index is -0.527. The monoisotopic (exact) mass is 272 g/mol. The first-order valence-electron chi connectivity index (χ1n) is 6.01. The van der Waals surface area contributed by atoms with Crippen LogP contribution in [0.4, 0.5) is 15.8 Å². The highest BCUT2D eigenvalue weighted by Gasteiger charge is 2.14. The SMILES string of the molecule is CCn1cc(N)cc1C(=O)Nc1ccc(F)cc1C#N. The first-order valence-corrected chi connectivity index (χ1v) is 6.01. The summed E-state index contributed by atoms with van der Waals surface area (Å²) < 4.78 is 14.7. The van der Waals surface area contributed by atoms with Crippen LogP contribution in [0.3, 0.4) is 0 Å². The average molecular weight is 272 g/mol. The zero-order valence-corrected chi connectivity index (χ0v) is 10.9. The lowest BCUT2D eigenvalue weighted by atomic mass is 10.2. The van der Waals surface area contributed by atoms with E-state index in [1.165, 1.54) is 12.1 Å². The van der Waals surface area contributed by atoms with Crippen LogP contribution in [0, 0.1) is 17.1 Å². The highest BCUT2D eigenvalue weighted by Crippen LogP contribution is 2.18. The van der Waals surface area contributed by atoms with Crippen molar-refractivity contribution in [3.8, 4) is 6.07 Å². The highest BCUT2D eigenvalue weighted by molar-refractivity contribution is 6.04. The topological polar surface area (TPSA) is 83.8 Å². The summed E-state index contributed by atoms with van der Waals surface area (Å²) in [5.74, 6) is -0.924. The van der Waals surface area contributed by atoms with E-state index in [1.54, 1.807) is 16.8 Å². The lowest BCUT2D eigenvalue weighted by Crippen LogP contribution is -2.17. The molecule has 0 aliphatic heterocycles. The predicted molar refractivity (Wildman–Crippen MR) is 73.6 cm³/mol. The summed E-state index contributed by atoms with van der Waals surface area (Å²) in [5.41, 5.74) is 6.86. The van der Waals surface area contributed by atoms with Gasteiger partial charge in [-0.2, -0.15) is 5.26 Å². The summed E-state index contributed by atoms with van der Waals surface area (Å²) in [6.45, 7) is 2.48. The predicted octanol–water partition coefficient (Wildman–Crippen LogP) is 2.35. The van der Waals surface area contributed by atoms with Crippen LogP contribution in [-0.4, -0.2) is 10.5 Å². The lowest BCUT2D eigenvalue weighted by Gasteiger charge is -2.09. The van der Waals surface area contributed by atoms with E-state index in [2.05, 4.69) is 5.32 Å². The number of hydrogen-bond acceptors (Lipinski definition) is 3. The van der Waals surface area contributed by atoms with Gasteiger partial charge in [0.15, 0.2) is 0 Å². The van der Waals surface area contributed by atoms with Crippen molar-refractivity contribution in [3.05, 3.63) is 47.5 Å². The number of carbonyl (C=O) groups excluding carboxylic acids is 1. The number of halogens is 1. The number of nitriles is 1. The van der Waals surface area contributed by atoms with Crippen molar-refractivity contribution in [2.24, 2.45) is 0 Å². The molecule has 0 unspecified atom stereocenters. The Balaban J connectivity index is 2.30. The molecule has 0 saturated carbocycles.